The second-order valence-electron chi connectivity index (χ2n) is 1.39. The van der Waals surface area contributed by atoms with E-state index in [1.165, 1.54) is 6.42 Å². The molecule has 0 spiro atoms. The van der Waals surface area contributed by atoms with E-state index in [-0.39, 0.29) is 12.4 Å². The first-order valence-corrected chi connectivity index (χ1v) is 3.83. The van der Waals surface area contributed by atoms with Gasteiger partial charge < -0.3 is 0 Å². The largest absolute Gasteiger partial charge is 0.147 e. The van der Waals surface area contributed by atoms with Crippen molar-refractivity contribution in [3.8, 4) is 0 Å². The standard InChI is InChI=1S/C3H8N.ClH.K/c1-2-3-4;;/h3H,2,4H2,1H3;1H;. The van der Waals surface area contributed by atoms with Gasteiger partial charge in [0.2, 0.25) is 0 Å². The van der Waals surface area contributed by atoms with Crippen LogP contribution < -0.4 is 5.73 Å². The molecule has 1 nitrogen and oxygen atoms in total. The SMILES string of the molecule is CC[CH](N)[K].Cl. The number of rotatable bonds is 1. The summed E-state index contributed by atoms with van der Waals surface area (Å²) in [6, 6.07) is 0. The third-order valence-corrected chi connectivity index (χ3v) is 1.92. The van der Waals surface area contributed by atoms with E-state index < -0.39 is 0 Å². The van der Waals surface area contributed by atoms with Crippen LogP contribution in [0.2, 0.25) is 0 Å². The molecule has 0 rings (SSSR count). The Kier molecular flexibility index (Phi) is 12.4. The second kappa shape index (κ2) is 6.89. The average Bonchev–Trinajstić information content (AvgIpc) is 1.38. The molecule has 0 aliphatic rings. The Hall–Kier alpha value is 1.89. The second-order valence-corrected chi connectivity index (χ2v) is 3.70. The van der Waals surface area contributed by atoms with Crippen molar-refractivity contribution in [1.29, 1.82) is 0 Å². The molecule has 2 N–H and O–H groups in total. The summed E-state index contributed by atoms with van der Waals surface area (Å²) in [5.74, 6) is 0. The number of halogens is 1. The Balaban J connectivity index is 0. The molecule has 1 atom stereocenters. The minimum atomic E-state index is 0. The summed E-state index contributed by atoms with van der Waals surface area (Å²) in [6.45, 7) is 2.12. The van der Waals surface area contributed by atoms with Crippen molar-refractivity contribution < 1.29 is 0 Å². The third-order valence-electron chi connectivity index (χ3n) is 0.644. The summed E-state index contributed by atoms with van der Waals surface area (Å²) in [5.41, 5.74) is 5.38. The fraction of sp³-hybridized carbons (Fsp3) is 1.00. The van der Waals surface area contributed by atoms with E-state index >= 15 is 0 Å². The summed E-state index contributed by atoms with van der Waals surface area (Å²) >= 11 is 0.849. The van der Waals surface area contributed by atoms with Crippen LogP contribution in [0.15, 0.2) is 0 Å². The normalized spacial score (nSPS) is 12.7. The van der Waals surface area contributed by atoms with E-state index in [0.29, 0.717) is 0.136 Å². The first-order chi connectivity index (χ1) is 2.27. The first-order valence-electron chi connectivity index (χ1n) is 2.03. The van der Waals surface area contributed by atoms with Gasteiger partial charge in [-0.05, 0) is 0 Å². The molecule has 0 fully saturated rings. The zero-order chi connectivity index (χ0) is 4.28. The fourth-order valence-electron chi connectivity index (χ4n) is 0. The molecule has 0 saturated heterocycles. The van der Waals surface area contributed by atoms with Crippen LogP contribution in [0.25, 0.3) is 0 Å². The van der Waals surface area contributed by atoms with Gasteiger partial charge in [-0.15, -0.1) is 12.4 Å². The maximum atomic E-state index is 5.38. The zero-order valence-electron chi connectivity index (χ0n) is 4.27. The Labute approximate surface area is 79.0 Å². The molecule has 1 unspecified atom stereocenters. The van der Waals surface area contributed by atoms with Crippen molar-refractivity contribution in [2.24, 2.45) is 5.73 Å². The predicted octanol–water partition coefficient (Wildman–Crippen LogP) is 0.272. The van der Waals surface area contributed by atoms with Crippen LogP contribution in [0.1, 0.15) is 13.3 Å². The number of hydrogen-bond donors (Lipinski definition) is 1. The smallest absolute Gasteiger partial charge is 0.147 e. The van der Waals surface area contributed by atoms with E-state index in [0.717, 1.165) is 49.0 Å². The van der Waals surface area contributed by atoms with Gasteiger partial charge in [0.05, 0.1) is 0 Å². The summed E-state index contributed by atoms with van der Waals surface area (Å²) < 4.78 is 0.572. The minimum absolute atomic E-state index is 0. The molecule has 0 aliphatic heterocycles. The van der Waals surface area contributed by atoms with Crippen molar-refractivity contribution in [3.63, 3.8) is 0 Å². The van der Waals surface area contributed by atoms with Gasteiger partial charge in [-0.25, -0.2) is 0 Å². The fourth-order valence-corrected chi connectivity index (χ4v) is 0. The van der Waals surface area contributed by atoms with Crippen LogP contribution in [0.3, 0.4) is 0 Å². The molecular formula is C3H9ClKN. The molecule has 0 aromatic rings. The molecule has 0 amide bonds. The van der Waals surface area contributed by atoms with Gasteiger partial charge >= 0.3 is 68.2 Å². The molecular weight excluding hydrogens is 125 g/mol. The van der Waals surface area contributed by atoms with Crippen molar-refractivity contribution in [3.05, 3.63) is 0 Å². The van der Waals surface area contributed by atoms with Gasteiger partial charge in [0, 0.05) is 0 Å². The van der Waals surface area contributed by atoms with E-state index in [4.69, 9.17) is 5.73 Å². The Bertz CT molecular complexity index is 24.8. The molecule has 3 heteroatoms. The molecule has 6 heavy (non-hydrogen) atoms. The Morgan fingerprint density at radius 1 is 1.83 bits per heavy atom. The van der Waals surface area contributed by atoms with E-state index in [2.05, 4.69) is 6.92 Å². The minimum Gasteiger partial charge on any atom is -0.147 e. The van der Waals surface area contributed by atoms with E-state index in [1.54, 1.807) is 0 Å². The number of hydrogen-bond acceptors (Lipinski definition) is 1. The third kappa shape index (κ3) is 9.31. The van der Waals surface area contributed by atoms with Gasteiger partial charge in [0.25, 0.3) is 0 Å². The van der Waals surface area contributed by atoms with Gasteiger partial charge in [-0.3, -0.25) is 0 Å². The molecule has 0 saturated carbocycles. The Morgan fingerprint density at radius 3 is 2.00 bits per heavy atom. The van der Waals surface area contributed by atoms with Crippen molar-refractivity contribution in [2.45, 2.75) is 13.5 Å². The van der Waals surface area contributed by atoms with E-state index in [9.17, 15) is 0 Å². The van der Waals surface area contributed by atoms with E-state index in [1.807, 2.05) is 0 Å². The summed E-state index contributed by atoms with van der Waals surface area (Å²) in [7, 11) is 0. The number of nitrogens with two attached hydrogens (primary N) is 1. The van der Waals surface area contributed by atoms with Crippen LogP contribution in [-0.4, -0.2) is 49.1 Å². The molecule has 0 bridgehead atoms. The molecule has 0 aliphatic carbocycles. The van der Waals surface area contributed by atoms with Gasteiger partial charge in [-0.1, -0.05) is 0 Å². The van der Waals surface area contributed by atoms with Crippen LogP contribution >= 0.6 is 12.4 Å². The molecule has 0 aromatic heterocycles. The Morgan fingerprint density at radius 2 is 2.00 bits per heavy atom. The van der Waals surface area contributed by atoms with Gasteiger partial charge in [-0.2, -0.15) is 0 Å². The monoisotopic (exact) mass is 133 g/mol. The van der Waals surface area contributed by atoms with Crippen molar-refractivity contribution >= 4 is 61.4 Å². The van der Waals surface area contributed by atoms with Crippen LogP contribution in [0, 0.1) is 0 Å². The molecule has 0 aromatic carbocycles. The topological polar surface area (TPSA) is 26.0 Å². The summed E-state index contributed by atoms with van der Waals surface area (Å²) in [5, 5.41) is 0. The maximum Gasteiger partial charge on any atom is -0.147 e. The van der Waals surface area contributed by atoms with Gasteiger partial charge in [0.1, 0.15) is 0 Å². The zero-order valence-corrected chi connectivity index (χ0v) is 8.21. The summed E-state index contributed by atoms with van der Waals surface area (Å²) in [4.78, 5) is 0. The molecule has 34 valence electrons. The first kappa shape index (κ1) is 10.8. The maximum absolute atomic E-state index is 5.38. The molecule has 0 heterocycles. The summed E-state index contributed by atoms with van der Waals surface area (Å²) in [6.07, 6.45) is 1.17. The molecule has 0 radical (unpaired) electrons. The predicted molar refractivity (Wildman–Crippen MR) is 31.3 cm³/mol. The van der Waals surface area contributed by atoms with Crippen molar-refractivity contribution in [2.75, 3.05) is 0 Å². The van der Waals surface area contributed by atoms with Gasteiger partial charge in [0.15, 0.2) is 0 Å². The van der Waals surface area contributed by atoms with Crippen LogP contribution in [-0.2, 0) is 0 Å². The average molecular weight is 134 g/mol. The quantitative estimate of drug-likeness (QED) is 0.511. The van der Waals surface area contributed by atoms with Crippen molar-refractivity contribution in [1.82, 2.24) is 0 Å². The van der Waals surface area contributed by atoms with Crippen LogP contribution in [0.5, 0.6) is 0 Å². The van der Waals surface area contributed by atoms with Crippen LogP contribution in [0.4, 0.5) is 0 Å².